The molecule has 2 aromatic rings. The summed E-state index contributed by atoms with van der Waals surface area (Å²) in [5.41, 5.74) is 1.10. The van der Waals surface area contributed by atoms with Gasteiger partial charge in [-0.15, -0.1) is 24.6 Å². The molecule has 3 nitrogen and oxygen atoms in total. The van der Waals surface area contributed by atoms with Crippen LogP contribution in [-0.2, 0) is 17.1 Å². The topological polar surface area (TPSA) is 47.7 Å². The van der Waals surface area contributed by atoms with Gasteiger partial charge in [-0.3, -0.25) is 0 Å². The molecule has 2 rings (SSSR count). The minimum absolute atomic E-state index is 0. The minimum atomic E-state index is -1.08. The first kappa shape index (κ1) is 15.0. The van der Waals surface area contributed by atoms with Crippen LogP contribution < -0.4 is 5.23 Å². The third-order valence-electron chi connectivity index (χ3n) is 1.88. The molecule has 0 fully saturated rings. The normalized spacial score (nSPS) is 10.9. The van der Waals surface area contributed by atoms with Crippen molar-refractivity contribution in [3.8, 4) is 0 Å². The number of benzene rings is 2. The van der Waals surface area contributed by atoms with Crippen molar-refractivity contribution < 1.29 is 27.5 Å². The van der Waals surface area contributed by atoms with Gasteiger partial charge in [-0.1, -0.05) is 29.7 Å². The van der Waals surface area contributed by atoms with E-state index in [9.17, 15) is 0 Å². The van der Waals surface area contributed by atoms with Crippen molar-refractivity contribution in [2.24, 2.45) is 0 Å². The van der Waals surface area contributed by atoms with E-state index in [4.69, 9.17) is 10.4 Å². The summed E-state index contributed by atoms with van der Waals surface area (Å²) >= 11 is 0. The van der Waals surface area contributed by atoms with Gasteiger partial charge in [-0.25, -0.2) is 5.21 Å². The van der Waals surface area contributed by atoms with Crippen molar-refractivity contribution in [2.75, 3.05) is 0 Å². The van der Waals surface area contributed by atoms with Gasteiger partial charge in [0.05, 0.1) is 0 Å². The standard InChI is InChI=1S/C11H9.CH4NO2.Mn/c1-9-5-4-7-10-6-2-3-8-11(9)10;1-2(3)4;/h2-8H,1H2;2-3H,1H2;/q2*-1;+2. The van der Waals surface area contributed by atoms with E-state index in [1.54, 1.807) is 0 Å². The number of hydroxylamine groups is 2. The van der Waals surface area contributed by atoms with Gasteiger partial charge in [0.1, 0.15) is 0 Å². The van der Waals surface area contributed by atoms with Crippen molar-refractivity contribution in [1.29, 1.82) is 0 Å². The Bertz CT molecular complexity index is 424. The third-order valence-corrected chi connectivity index (χ3v) is 1.88. The summed E-state index contributed by atoms with van der Waals surface area (Å²) in [6.07, 6.45) is 0. The summed E-state index contributed by atoms with van der Waals surface area (Å²) in [7, 11) is 2.56. The first-order valence-corrected chi connectivity index (χ1v) is 4.46. The van der Waals surface area contributed by atoms with Gasteiger partial charge in [0, 0.05) is 0 Å². The zero-order chi connectivity index (χ0) is 11.3. The Labute approximate surface area is 106 Å². The molecule has 0 aliphatic carbocycles. The second kappa shape index (κ2) is 7.28. The second-order valence-corrected chi connectivity index (χ2v) is 3.03. The van der Waals surface area contributed by atoms with E-state index in [1.807, 2.05) is 24.3 Å². The van der Waals surface area contributed by atoms with E-state index in [0.717, 1.165) is 5.56 Å². The van der Waals surface area contributed by atoms with Crippen LogP contribution in [0.3, 0.4) is 0 Å². The SMILES string of the molecule is [CH2-][NH+]([O-])O.[CH2-]c1cccc2ccccc12.[Mn+2]. The van der Waals surface area contributed by atoms with Crippen LogP contribution in [0.4, 0.5) is 0 Å². The van der Waals surface area contributed by atoms with Crippen molar-refractivity contribution in [1.82, 2.24) is 0 Å². The van der Waals surface area contributed by atoms with Crippen LogP contribution in [0.25, 0.3) is 10.8 Å². The Hall–Kier alpha value is -1.03. The molecule has 1 atom stereocenters. The summed E-state index contributed by atoms with van der Waals surface area (Å²) in [4.78, 5) is 0. The zero-order valence-corrected chi connectivity index (χ0v) is 9.87. The Morgan fingerprint density at radius 1 is 1.06 bits per heavy atom. The predicted molar refractivity (Wildman–Crippen MR) is 59.9 cm³/mol. The molecule has 0 aliphatic heterocycles. The molecule has 0 bridgehead atoms. The van der Waals surface area contributed by atoms with Crippen LogP contribution in [0.2, 0.25) is 0 Å². The summed E-state index contributed by atoms with van der Waals surface area (Å²) in [5, 5.41) is 17.6. The third kappa shape index (κ3) is 4.66. The number of nitrogens with one attached hydrogen (secondary N) is 1. The number of fused-ring (bicyclic) bond motifs is 1. The second-order valence-electron chi connectivity index (χ2n) is 3.03. The van der Waals surface area contributed by atoms with Crippen LogP contribution in [0.15, 0.2) is 42.5 Å². The molecule has 1 radical (unpaired) electrons. The van der Waals surface area contributed by atoms with Gasteiger partial charge in [-0.05, 0) is 0 Å². The molecule has 0 saturated heterocycles. The fraction of sp³-hybridized carbons (Fsp3) is 0. The van der Waals surface area contributed by atoms with Gasteiger partial charge in [0.2, 0.25) is 0 Å². The van der Waals surface area contributed by atoms with Crippen LogP contribution in [0.5, 0.6) is 0 Å². The molecule has 1 unspecified atom stereocenters. The summed E-state index contributed by atoms with van der Waals surface area (Å²) in [5.74, 6) is 0. The molecule has 0 saturated carbocycles. The van der Waals surface area contributed by atoms with Crippen molar-refractivity contribution in [3.05, 3.63) is 67.2 Å². The van der Waals surface area contributed by atoms with E-state index in [2.05, 4.69) is 32.2 Å². The molecule has 0 heterocycles. The molecule has 2 aromatic carbocycles. The molecule has 0 spiro atoms. The first-order valence-electron chi connectivity index (χ1n) is 4.46. The Balaban J connectivity index is 0.000000397. The van der Waals surface area contributed by atoms with Gasteiger partial charge >= 0.3 is 17.1 Å². The predicted octanol–water partition coefficient (Wildman–Crippen LogP) is 1.57. The van der Waals surface area contributed by atoms with E-state index in [0.29, 0.717) is 0 Å². The van der Waals surface area contributed by atoms with Crippen molar-refractivity contribution >= 4 is 10.8 Å². The number of quaternary nitrogens is 1. The van der Waals surface area contributed by atoms with E-state index >= 15 is 0 Å². The fourth-order valence-corrected chi connectivity index (χ4v) is 1.29. The smallest absolute Gasteiger partial charge is 0.628 e. The molecular weight excluding hydrogens is 245 g/mol. The Morgan fingerprint density at radius 3 is 2.12 bits per heavy atom. The largest absolute Gasteiger partial charge is 2.00 e. The van der Waals surface area contributed by atoms with Crippen molar-refractivity contribution in [2.45, 2.75) is 0 Å². The molecule has 85 valence electrons. The number of hydrogen-bond acceptors (Lipinski definition) is 2. The zero-order valence-electron chi connectivity index (χ0n) is 8.69. The minimum Gasteiger partial charge on any atom is -0.628 e. The first-order chi connectivity index (χ1) is 7.11. The Morgan fingerprint density at radius 2 is 1.56 bits per heavy atom. The molecule has 0 amide bonds. The Kier molecular flexibility index (Phi) is 6.81. The van der Waals surface area contributed by atoms with E-state index in [-0.39, 0.29) is 17.1 Å². The maximum absolute atomic E-state index is 8.89. The van der Waals surface area contributed by atoms with E-state index < -0.39 is 5.23 Å². The fourth-order valence-electron chi connectivity index (χ4n) is 1.29. The van der Waals surface area contributed by atoms with Crippen LogP contribution in [0.1, 0.15) is 5.56 Å². The van der Waals surface area contributed by atoms with Gasteiger partial charge < -0.3 is 10.4 Å². The van der Waals surface area contributed by atoms with Gasteiger partial charge in [0.15, 0.2) is 0 Å². The molecule has 0 aromatic heterocycles. The molecule has 16 heavy (non-hydrogen) atoms. The average Bonchev–Trinajstić information content (AvgIpc) is 2.18. The van der Waals surface area contributed by atoms with Crippen LogP contribution in [0, 0.1) is 19.2 Å². The van der Waals surface area contributed by atoms with Crippen LogP contribution >= 0.6 is 0 Å². The quantitative estimate of drug-likeness (QED) is 0.428. The monoisotopic (exact) mass is 258 g/mol. The van der Waals surface area contributed by atoms with Gasteiger partial charge in [-0.2, -0.15) is 18.6 Å². The van der Waals surface area contributed by atoms with Crippen LogP contribution in [-0.4, -0.2) is 5.21 Å². The van der Waals surface area contributed by atoms with Gasteiger partial charge in [0.25, 0.3) is 0 Å². The molecular formula is C12H13MnNO2. The molecule has 2 N–H and O–H groups in total. The maximum Gasteiger partial charge on any atom is 2.00 e. The molecule has 4 heteroatoms. The average molecular weight is 258 g/mol. The van der Waals surface area contributed by atoms with Crippen molar-refractivity contribution in [3.63, 3.8) is 0 Å². The number of hydrogen-bond donors (Lipinski definition) is 2. The summed E-state index contributed by atoms with van der Waals surface area (Å²) < 4.78 is 0. The summed E-state index contributed by atoms with van der Waals surface area (Å²) in [6.45, 7) is 3.95. The molecule has 0 aliphatic rings. The number of rotatable bonds is 0. The van der Waals surface area contributed by atoms with E-state index in [1.165, 1.54) is 10.8 Å². The maximum atomic E-state index is 8.89. The summed E-state index contributed by atoms with van der Waals surface area (Å²) in [6, 6.07) is 14.4.